The van der Waals surface area contributed by atoms with Crippen LogP contribution in [0.5, 0.6) is 11.5 Å². The van der Waals surface area contributed by atoms with Crippen LogP contribution in [0.4, 0.5) is 0 Å². The van der Waals surface area contributed by atoms with Crippen molar-refractivity contribution in [1.29, 1.82) is 0 Å². The maximum atomic E-state index is 11.7. The Hall–Kier alpha value is -2.87. The van der Waals surface area contributed by atoms with Crippen LogP contribution in [0, 0.1) is 0 Å². The lowest BCUT2D eigenvalue weighted by Gasteiger charge is -2.09. The number of carbonyl (C=O) groups excluding carboxylic acids is 2. The van der Waals surface area contributed by atoms with Crippen molar-refractivity contribution in [2.45, 2.75) is 0 Å². The second kappa shape index (κ2) is 9.43. The summed E-state index contributed by atoms with van der Waals surface area (Å²) in [6.45, 7) is -0.764. The molecule has 0 bridgehead atoms. The summed E-state index contributed by atoms with van der Waals surface area (Å²) < 4.78 is 11.3. The van der Waals surface area contributed by atoms with E-state index < -0.39 is 18.5 Å². The van der Waals surface area contributed by atoms with Crippen molar-refractivity contribution in [3.63, 3.8) is 0 Å². The first kappa shape index (κ1) is 18.5. The van der Waals surface area contributed by atoms with E-state index in [1.165, 1.54) is 6.21 Å². The Bertz CT molecular complexity index is 762. The molecule has 25 heavy (non-hydrogen) atoms. The van der Waals surface area contributed by atoms with Crippen molar-refractivity contribution in [1.82, 2.24) is 5.43 Å². The van der Waals surface area contributed by atoms with Crippen LogP contribution in [0.2, 0.25) is 0 Å². The van der Waals surface area contributed by atoms with Gasteiger partial charge in [0.05, 0.1) is 12.2 Å². The zero-order valence-electron chi connectivity index (χ0n) is 13.0. The lowest BCUT2D eigenvalue weighted by molar-refractivity contribution is -0.307. The summed E-state index contributed by atoms with van der Waals surface area (Å²) in [6.07, 6.45) is 1.35. The van der Waals surface area contributed by atoms with E-state index in [0.717, 1.165) is 4.47 Å². The molecule has 0 unspecified atom stereocenters. The second-order valence-electron chi connectivity index (χ2n) is 4.73. The topological polar surface area (TPSA) is 100 Å². The number of aliphatic carboxylic acids is 1. The fraction of sp³-hybridized carbons (Fsp3) is 0.118. The molecule has 2 rings (SSSR count). The van der Waals surface area contributed by atoms with Crippen LogP contribution < -0.4 is 20.0 Å². The number of benzene rings is 2. The Morgan fingerprint density at radius 3 is 2.52 bits per heavy atom. The zero-order valence-corrected chi connectivity index (χ0v) is 14.6. The lowest BCUT2D eigenvalue weighted by Crippen LogP contribution is -2.29. The monoisotopic (exact) mass is 405 g/mol. The number of carboxylic acid groups (broad SMARTS) is 1. The van der Waals surface area contributed by atoms with Gasteiger partial charge in [-0.15, -0.1) is 0 Å². The van der Waals surface area contributed by atoms with Crippen LogP contribution in [-0.4, -0.2) is 31.3 Å². The molecule has 8 heteroatoms. The summed E-state index contributed by atoms with van der Waals surface area (Å²) in [4.78, 5) is 22.1. The van der Waals surface area contributed by atoms with Gasteiger partial charge < -0.3 is 19.4 Å². The van der Waals surface area contributed by atoms with Crippen LogP contribution in [0.1, 0.15) is 5.56 Å². The summed E-state index contributed by atoms with van der Waals surface area (Å²) in [5, 5.41) is 14.3. The molecular weight excluding hydrogens is 392 g/mol. The van der Waals surface area contributed by atoms with Gasteiger partial charge in [0, 0.05) is 10.0 Å². The molecule has 0 spiro atoms. The summed E-state index contributed by atoms with van der Waals surface area (Å²) in [5.41, 5.74) is 2.83. The molecule has 1 amide bonds. The number of rotatable bonds is 8. The van der Waals surface area contributed by atoms with Crippen molar-refractivity contribution in [3.8, 4) is 11.5 Å². The average molecular weight is 406 g/mol. The molecule has 0 heterocycles. The number of ether oxygens (including phenoxy) is 2. The van der Waals surface area contributed by atoms with Crippen LogP contribution in [0.3, 0.4) is 0 Å². The third-order valence-electron chi connectivity index (χ3n) is 2.84. The van der Waals surface area contributed by atoms with E-state index in [4.69, 9.17) is 9.47 Å². The van der Waals surface area contributed by atoms with Gasteiger partial charge in [-0.3, -0.25) is 4.79 Å². The number of amides is 1. The van der Waals surface area contributed by atoms with Crippen molar-refractivity contribution in [2.75, 3.05) is 13.2 Å². The Morgan fingerprint density at radius 2 is 1.80 bits per heavy atom. The van der Waals surface area contributed by atoms with Gasteiger partial charge in [-0.05, 0) is 36.4 Å². The maximum Gasteiger partial charge on any atom is 0.277 e. The highest BCUT2D eigenvalue weighted by Crippen LogP contribution is 2.16. The zero-order chi connectivity index (χ0) is 18.1. The van der Waals surface area contributed by atoms with Gasteiger partial charge in [-0.25, -0.2) is 5.43 Å². The first-order valence-electron chi connectivity index (χ1n) is 7.16. The minimum absolute atomic E-state index is 0.193. The molecule has 0 aliphatic heterocycles. The molecule has 0 aromatic heterocycles. The minimum Gasteiger partial charge on any atom is -0.546 e. The molecule has 130 valence electrons. The Morgan fingerprint density at radius 1 is 1.08 bits per heavy atom. The smallest absolute Gasteiger partial charge is 0.277 e. The maximum absolute atomic E-state index is 11.7. The second-order valence-corrected chi connectivity index (χ2v) is 5.65. The highest BCUT2D eigenvalue weighted by atomic mass is 79.9. The van der Waals surface area contributed by atoms with Crippen molar-refractivity contribution < 1.29 is 24.2 Å². The number of halogens is 1. The van der Waals surface area contributed by atoms with E-state index in [1.807, 2.05) is 0 Å². The minimum atomic E-state index is -1.33. The number of para-hydroxylation sites is 1. The van der Waals surface area contributed by atoms with Crippen LogP contribution >= 0.6 is 15.9 Å². The van der Waals surface area contributed by atoms with E-state index in [-0.39, 0.29) is 6.61 Å². The third-order valence-corrected chi connectivity index (χ3v) is 3.37. The normalized spacial score (nSPS) is 10.4. The number of carbonyl (C=O) groups is 2. The quantitative estimate of drug-likeness (QED) is 0.523. The number of hydrogen-bond acceptors (Lipinski definition) is 6. The van der Waals surface area contributed by atoms with Crippen molar-refractivity contribution in [2.24, 2.45) is 5.10 Å². The molecule has 2 aromatic rings. The standard InChI is InChI=1S/C17H15BrN2O5/c18-13-5-7-14(8-6-13)24-10-16(21)20-19-9-12-3-1-2-4-15(12)25-11-17(22)23/h1-9H,10-11H2,(H,20,21)(H,22,23)/p-1/b19-9-. The predicted octanol–water partition coefficient (Wildman–Crippen LogP) is 1.11. The summed E-state index contributed by atoms with van der Waals surface area (Å²) in [6, 6.07) is 13.7. The summed E-state index contributed by atoms with van der Waals surface area (Å²) in [5.74, 6) is -0.892. The van der Waals surface area contributed by atoms with Gasteiger partial charge in [-0.1, -0.05) is 28.1 Å². The fourth-order valence-corrected chi connectivity index (χ4v) is 2.01. The molecular formula is C17H14BrN2O5-. The van der Waals surface area contributed by atoms with Gasteiger partial charge >= 0.3 is 0 Å². The van der Waals surface area contributed by atoms with E-state index in [2.05, 4.69) is 26.5 Å². The summed E-state index contributed by atoms with van der Waals surface area (Å²) >= 11 is 3.31. The lowest BCUT2D eigenvalue weighted by atomic mass is 10.2. The highest BCUT2D eigenvalue weighted by Gasteiger charge is 2.03. The van der Waals surface area contributed by atoms with Gasteiger partial charge in [-0.2, -0.15) is 5.10 Å². The van der Waals surface area contributed by atoms with Crippen LogP contribution in [0.25, 0.3) is 0 Å². The molecule has 1 N–H and O–H groups in total. The van der Waals surface area contributed by atoms with Gasteiger partial charge in [0.2, 0.25) is 0 Å². The first-order chi connectivity index (χ1) is 12.0. The first-order valence-corrected chi connectivity index (χ1v) is 7.96. The SMILES string of the molecule is O=C([O-])COc1ccccc1/C=N\NC(=O)COc1ccc(Br)cc1. The van der Waals surface area contributed by atoms with Crippen LogP contribution in [-0.2, 0) is 9.59 Å². The molecule has 0 saturated carbocycles. The highest BCUT2D eigenvalue weighted by molar-refractivity contribution is 9.10. The van der Waals surface area contributed by atoms with E-state index in [9.17, 15) is 14.7 Å². The largest absolute Gasteiger partial charge is 0.546 e. The van der Waals surface area contributed by atoms with E-state index >= 15 is 0 Å². The number of nitrogens with one attached hydrogen (secondary N) is 1. The molecule has 0 atom stereocenters. The summed E-state index contributed by atoms with van der Waals surface area (Å²) in [7, 11) is 0. The fourth-order valence-electron chi connectivity index (χ4n) is 1.74. The number of hydrogen-bond donors (Lipinski definition) is 1. The molecule has 0 saturated heterocycles. The molecule has 0 aliphatic carbocycles. The molecule has 0 aliphatic rings. The van der Waals surface area contributed by atoms with E-state index in [1.54, 1.807) is 48.5 Å². The average Bonchev–Trinajstić information content (AvgIpc) is 2.60. The van der Waals surface area contributed by atoms with Gasteiger partial charge in [0.25, 0.3) is 5.91 Å². The molecule has 7 nitrogen and oxygen atoms in total. The van der Waals surface area contributed by atoms with Gasteiger partial charge in [0.15, 0.2) is 6.61 Å². The predicted molar refractivity (Wildman–Crippen MR) is 92.3 cm³/mol. The Balaban J connectivity index is 1.84. The molecule has 2 aromatic carbocycles. The number of nitrogens with zero attached hydrogens (tertiary/aromatic N) is 1. The van der Waals surface area contributed by atoms with Crippen molar-refractivity contribution >= 4 is 34.0 Å². The third kappa shape index (κ3) is 6.64. The van der Waals surface area contributed by atoms with E-state index in [0.29, 0.717) is 17.1 Å². The number of carboxylic acids is 1. The Kier molecular flexibility index (Phi) is 6.97. The van der Waals surface area contributed by atoms with Crippen LogP contribution in [0.15, 0.2) is 58.1 Å². The Labute approximate surface area is 152 Å². The molecule has 0 radical (unpaired) electrons. The number of hydrazone groups is 1. The molecule has 0 fully saturated rings. The van der Waals surface area contributed by atoms with Gasteiger partial charge in [0.1, 0.15) is 18.1 Å². The van der Waals surface area contributed by atoms with Crippen molar-refractivity contribution in [3.05, 3.63) is 58.6 Å².